The zero-order chi connectivity index (χ0) is 14.4. The third kappa shape index (κ3) is 4.37. The molecule has 0 radical (unpaired) electrons. The lowest BCUT2D eigenvalue weighted by molar-refractivity contribution is 0.115. The second-order valence-electron chi connectivity index (χ2n) is 5.63. The van der Waals surface area contributed by atoms with Crippen LogP contribution in [0.5, 0.6) is 5.75 Å². The number of halogens is 1. The molecular weight excluding hydrogens is 272 g/mol. The van der Waals surface area contributed by atoms with Gasteiger partial charge in [-0.1, -0.05) is 30.5 Å². The van der Waals surface area contributed by atoms with Crippen LogP contribution in [0.15, 0.2) is 24.3 Å². The van der Waals surface area contributed by atoms with Crippen LogP contribution >= 0.6 is 11.6 Å². The summed E-state index contributed by atoms with van der Waals surface area (Å²) in [7, 11) is 2.18. The predicted molar refractivity (Wildman–Crippen MR) is 84.4 cm³/mol. The molecule has 0 aliphatic heterocycles. The van der Waals surface area contributed by atoms with Gasteiger partial charge < -0.3 is 10.5 Å². The fourth-order valence-electron chi connectivity index (χ4n) is 3.07. The van der Waals surface area contributed by atoms with E-state index in [1.165, 1.54) is 25.7 Å². The van der Waals surface area contributed by atoms with Crippen molar-refractivity contribution in [2.24, 2.45) is 11.7 Å². The molecule has 4 heteroatoms. The van der Waals surface area contributed by atoms with E-state index in [0.29, 0.717) is 23.6 Å². The maximum absolute atomic E-state index is 5.94. The van der Waals surface area contributed by atoms with Crippen molar-refractivity contribution in [3.63, 3.8) is 0 Å². The van der Waals surface area contributed by atoms with Crippen LogP contribution in [0, 0.1) is 5.92 Å². The molecule has 1 aliphatic carbocycles. The molecule has 2 rings (SSSR count). The minimum absolute atomic E-state index is 0.608. The van der Waals surface area contributed by atoms with E-state index in [9.17, 15) is 0 Å². The number of hydrogen-bond donors (Lipinski definition) is 1. The number of benzene rings is 1. The van der Waals surface area contributed by atoms with Gasteiger partial charge in [-0.15, -0.1) is 0 Å². The van der Waals surface area contributed by atoms with Crippen LogP contribution in [0.3, 0.4) is 0 Å². The Morgan fingerprint density at radius 1 is 1.35 bits per heavy atom. The van der Waals surface area contributed by atoms with Crippen molar-refractivity contribution < 1.29 is 4.74 Å². The SMILES string of the molecule is CN(CCOc1cccc(Cl)c1)C1CCCCC1CN. The van der Waals surface area contributed by atoms with Crippen molar-refractivity contribution in [2.75, 3.05) is 26.7 Å². The van der Waals surface area contributed by atoms with E-state index in [0.717, 1.165) is 18.8 Å². The van der Waals surface area contributed by atoms with Crippen LogP contribution in [0.1, 0.15) is 25.7 Å². The first-order valence-corrected chi connectivity index (χ1v) is 7.87. The topological polar surface area (TPSA) is 38.5 Å². The number of ether oxygens (including phenoxy) is 1. The van der Waals surface area contributed by atoms with Crippen LogP contribution < -0.4 is 10.5 Å². The maximum atomic E-state index is 5.94. The highest BCUT2D eigenvalue weighted by Crippen LogP contribution is 2.27. The molecule has 3 nitrogen and oxygen atoms in total. The Bertz CT molecular complexity index is 413. The van der Waals surface area contributed by atoms with Crippen LogP contribution in [-0.2, 0) is 0 Å². The third-order valence-corrected chi connectivity index (χ3v) is 4.48. The highest BCUT2D eigenvalue weighted by molar-refractivity contribution is 6.30. The van der Waals surface area contributed by atoms with E-state index >= 15 is 0 Å². The Morgan fingerprint density at radius 2 is 2.15 bits per heavy atom. The molecule has 0 saturated heterocycles. The van der Waals surface area contributed by atoms with Gasteiger partial charge in [-0.3, -0.25) is 4.90 Å². The summed E-state index contributed by atoms with van der Waals surface area (Å²) in [6, 6.07) is 8.17. The molecule has 1 aromatic rings. The van der Waals surface area contributed by atoms with E-state index in [-0.39, 0.29) is 0 Å². The van der Waals surface area contributed by atoms with Crippen LogP contribution in [0.25, 0.3) is 0 Å². The third-order valence-electron chi connectivity index (χ3n) is 4.25. The number of hydrogen-bond acceptors (Lipinski definition) is 3. The molecule has 0 spiro atoms. The lowest BCUT2D eigenvalue weighted by atomic mass is 9.84. The summed E-state index contributed by atoms with van der Waals surface area (Å²) in [4.78, 5) is 2.40. The highest BCUT2D eigenvalue weighted by atomic mass is 35.5. The number of likely N-dealkylation sites (N-methyl/N-ethyl adjacent to an activating group) is 1. The van der Waals surface area contributed by atoms with Crippen molar-refractivity contribution in [2.45, 2.75) is 31.7 Å². The fourth-order valence-corrected chi connectivity index (χ4v) is 3.25. The molecule has 0 heterocycles. The summed E-state index contributed by atoms with van der Waals surface area (Å²) < 4.78 is 5.76. The molecular formula is C16H25ClN2O. The van der Waals surface area contributed by atoms with Gasteiger partial charge in [-0.05, 0) is 50.6 Å². The number of rotatable bonds is 6. The van der Waals surface area contributed by atoms with Gasteiger partial charge in [0, 0.05) is 17.6 Å². The minimum atomic E-state index is 0.608. The van der Waals surface area contributed by atoms with Gasteiger partial charge in [0.2, 0.25) is 0 Å². The molecule has 1 aromatic carbocycles. The first-order chi connectivity index (χ1) is 9.70. The van der Waals surface area contributed by atoms with Gasteiger partial charge in [0.15, 0.2) is 0 Å². The molecule has 2 unspecified atom stereocenters. The first kappa shape index (κ1) is 15.6. The predicted octanol–water partition coefficient (Wildman–Crippen LogP) is 3.17. The second kappa shape index (κ2) is 7.87. The number of nitrogens with two attached hydrogens (primary N) is 1. The Balaban J connectivity index is 1.78. The van der Waals surface area contributed by atoms with Gasteiger partial charge >= 0.3 is 0 Å². The molecule has 20 heavy (non-hydrogen) atoms. The molecule has 0 aromatic heterocycles. The van der Waals surface area contributed by atoms with E-state index in [1.54, 1.807) is 0 Å². The molecule has 1 fully saturated rings. The summed E-state index contributed by atoms with van der Waals surface area (Å²) in [5, 5.41) is 0.714. The average molecular weight is 297 g/mol. The molecule has 2 N–H and O–H groups in total. The standard InChI is InChI=1S/C16H25ClN2O/c1-19(16-8-3-2-5-13(16)12-18)9-10-20-15-7-4-6-14(17)11-15/h4,6-7,11,13,16H,2-3,5,8-10,12,18H2,1H3. The molecule has 1 saturated carbocycles. The zero-order valence-electron chi connectivity index (χ0n) is 12.2. The van der Waals surface area contributed by atoms with Crippen molar-refractivity contribution in [3.05, 3.63) is 29.3 Å². The Labute approximate surface area is 127 Å². The van der Waals surface area contributed by atoms with Gasteiger partial charge in [0.1, 0.15) is 12.4 Å². The Kier molecular flexibility index (Phi) is 6.14. The van der Waals surface area contributed by atoms with Gasteiger partial charge in [-0.2, -0.15) is 0 Å². The summed E-state index contributed by atoms with van der Waals surface area (Å²) in [6.45, 7) is 2.41. The highest BCUT2D eigenvalue weighted by Gasteiger charge is 2.26. The molecule has 112 valence electrons. The smallest absolute Gasteiger partial charge is 0.120 e. The quantitative estimate of drug-likeness (QED) is 0.876. The van der Waals surface area contributed by atoms with Crippen molar-refractivity contribution in [1.29, 1.82) is 0 Å². The largest absolute Gasteiger partial charge is 0.492 e. The van der Waals surface area contributed by atoms with E-state index in [2.05, 4.69) is 11.9 Å². The molecule has 2 atom stereocenters. The molecule has 1 aliphatic rings. The van der Waals surface area contributed by atoms with Crippen LogP contribution in [0.2, 0.25) is 5.02 Å². The minimum Gasteiger partial charge on any atom is -0.492 e. The van der Waals surface area contributed by atoms with Crippen LogP contribution in [-0.4, -0.2) is 37.7 Å². The maximum Gasteiger partial charge on any atom is 0.120 e. The van der Waals surface area contributed by atoms with Gasteiger partial charge in [0.25, 0.3) is 0 Å². The normalized spacial score (nSPS) is 23.0. The fraction of sp³-hybridized carbons (Fsp3) is 0.625. The Hall–Kier alpha value is -0.770. The first-order valence-electron chi connectivity index (χ1n) is 7.49. The van der Waals surface area contributed by atoms with Gasteiger partial charge in [-0.25, -0.2) is 0 Å². The number of nitrogens with zero attached hydrogens (tertiary/aromatic N) is 1. The van der Waals surface area contributed by atoms with E-state index < -0.39 is 0 Å². The summed E-state index contributed by atoms with van der Waals surface area (Å²) in [5.41, 5.74) is 5.90. The molecule has 0 amide bonds. The molecule has 0 bridgehead atoms. The summed E-state index contributed by atoms with van der Waals surface area (Å²) >= 11 is 5.94. The van der Waals surface area contributed by atoms with E-state index in [4.69, 9.17) is 22.1 Å². The lowest BCUT2D eigenvalue weighted by Crippen LogP contribution is -2.44. The van der Waals surface area contributed by atoms with Crippen molar-refractivity contribution >= 4 is 11.6 Å². The van der Waals surface area contributed by atoms with Gasteiger partial charge in [0.05, 0.1) is 0 Å². The van der Waals surface area contributed by atoms with E-state index in [1.807, 2.05) is 24.3 Å². The summed E-state index contributed by atoms with van der Waals surface area (Å²) in [6.07, 6.45) is 5.17. The second-order valence-corrected chi connectivity index (χ2v) is 6.07. The summed E-state index contributed by atoms with van der Waals surface area (Å²) in [5.74, 6) is 1.48. The lowest BCUT2D eigenvalue weighted by Gasteiger charge is -2.37. The zero-order valence-corrected chi connectivity index (χ0v) is 13.0. The monoisotopic (exact) mass is 296 g/mol. The van der Waals surface area contributed by atoms with Crippen molar-refractivity contribution in [1.82, 2.24) is 4.90 Å². The van der Waals surface area contributed by atoms with Crippen molar-refractivity contribution in [3.8, 4) is 5.75 Å². The van der Waals surface area contributed by atoms with Crippen LogP contribution in [0.4, 0.5) is 0 Å². The Morgan fingerprint density at radius 3 is 2.90 bits per heavy atom. The average Bonchev–Trinajstić information content (AvgIpc) is 2.47.